The molecule has 1 aromatic carbocycles. The monoisotopic (exact) mass is 251 g/mol. The molecule has 2 N–H and O–H groups in total. The van der Waals surface area contributed by atoms with E-state index < -0.39 is 5.60 Å². The zero-order valence-electron chi connectivity index (χ0n) is 11.0. The highest BCUT2D eigenvalue weighted by Crippen LogP contribution is 2.24. The number of benzene rings is 1. The first-order valence-electron chi connectivity index (χ1n) is 6.32. The summed E-state index contributed by atoms with van der Waals surface area (Å²) < 4.78 is 10.6. The van der Waals surface area contributed by atoms with Crippen LogP contribution in [0.2, 0.25) is 0 Å². The van der Waals surface area contributed by atoms with E-state index in [9.17, 15) is 5.11 Å². The molecule has 0 radical (unpaired) electrons. The fraction of sp³-hybridized carbons (Fsp3) is 0.571. The molecule has 4 nitrogen and oxygen atoms in total. The van der Waals surface area contributed by atoms with E-state index in [0.29, 0.717) is 26.1 Å². The SMILES string of the molecule is COc1cccc(CNCC2(O)CCOC2C)c1. The average Bonchev–Trinajstić information content (AvgIpc) is 2.70. The van der Waals surface area contributed by atoms with Gasteiger partial charge in [0.2, 0.25) is 0 Å². The Morgan fingerprint density at radius 1 is 1.56 bits per heavy atom. The second-order valence-electron chi connectivity index (χ2n) is 4.82. The molecule has 1 aliphatic heterocycles. The Balaban J connectivity index is 1.84. The van der Waals surface area contributed by atoms with E-state index in [0.717, 1.165) is 11.3 Å². The summed E-state index contributed by atoms with van der Waals surface area (Å²) in [6, 6.07) is 7.91. The van der Waals surface area contributed by atoms with Crippen LogP contribution in [0.4, 0.5) is 0 Å². The molecule has 1 heterocycles. The molecule has 100 valence electrons. The molecule has 0 saturated carbocycles. The third kappa shape index (κ3) is 3.02. The van der Waals surface area contributed by atoms with Crippen LogP contribution in [0.1, 0.15) is 18.9 Å². The van der Waals surface area contributed by atoms with Crippen molar-refractivity contribution in [1.82, 2.24) is 5.32 Å². The van der Waals surface area contributed by atoms with Gasteiger partial charge in [-0.3, -0.25) is 0 Å². The second-order valence-corrected chi connectivity index (χ2v) is 4.82. The van der Waals surface area contributed by atoms with Gasteiger partial charge in [0.1, 0.15) is 11.4 Å². The summed E-state index contributed by atoms with van der Waals surface area (Å²) >= 11 is 0. The Labute approximate surface area is 108 Å². The maximum absolute atomic E-state index is 10.3. The molecule has 1 fully saturated rings. The molecule has 2 rings (SSSR count). The first-order chi connectivity index (χ1) is 8.64. The number of hydrogen-bond acceptors (Lipinski definition) is 4. The van der Waals surface area contributed by atoms with Crippen LogP contribution in [0.5, 0.6) is 5.75 Å². The number of ether oxygens (including phenoxy) is 2. The highest BCUT2D eigenvalue weighted by molar-refractivity contribution is 5.28. The molecular formula is C14H21NO3. The smallest absolute Gasteiger partial charge is 0.119 e. The Bertz CT molecular complexity index is 396. The molecule has 0 bridgehead atoms. The van der Waals surface area contributed by atoms with E-state index in [2.05, 4.69) is 5.32 Å². The van der Waals surface area contributed by atoms with Crippen LogP contribution in [0.15, 0.2) is 24.3 Å². The molecule has 0 aliphatic carbocycles. The van der Waals surface area contributed by atoms with Gasteiger partial charge >= 0.3 is 0 Å². The molecular weight excluding hydrogens is 230 g/mol. The van der Waals surface area contributed by atoms with Crippen LogP contribution >= 0.6 is 0 Å². The van der Waals surface area contributed by atoms with Crippen molar-refractivity contribution >= 4 is 0 Å². The van der Waals surface area contributed by atoms with Gasteiger partial charge in [-0.05, 0) is 24.6 Å². The van der Waals surface area contributed by atoms with Crippen molar-refractivity contribution in [3.05, 3.63) is 29.8 Å². The quantitative estimate of drug-likeness (QED) is 0.829. The van der Waals surface area contributed by atoms with E-state index in [1.165, 1.54) is 0 Å². The van der Waals surface area contributed by atoms with Crippen molar-refractivity contribution in [1.29, 1.82) is 0 Å². The normalized spacial score (nSPS) is 27.4. The average molecular weight is 251 g/mol. The van der Waals surface area contributed by atoms with Crippen molar-refractivity contribution in [2.75, 3.05) is 20.3 Å². The molecule has 0 amide bonds. The van der Waals surface area contributed by atoms with Gasteiger partial charge in [0.15, 0.2) is 0 Å². The zero-order valence-corrected chi connectivity index (χ0v) is 11.0. The summed E-state index contributed by atoms with van der Waals surface area (Å²) in [5, 5.41) is 13.6. The minimum atomic E-state index is -0.737. The van der Waals surface area contributed by atoms with E-state index >= 15 is 0 Å². The minimum Gasteiger partial charge on any atom is -0.497 e. The standard InChI is InChI=1S/C14H21NO3/c1-11-14(16,6-7-18-11)10-15-9-12-4-3-5-13(8-12)17-2/h3-5,8,11,15-16H,6-7,9-10H2,1-2H3. The first kappa shape index (κ1) is 13.3. The number of methoxy groups -OCH3 is 1. The van der Waals surface area contributed by atoms with Crippen molar-refractivity contribution in [3.63, 3.8) is 0 Å². The predicted molar refractivity (Wildman–Crippen MR) is 69.7 cm³/mol. The van der Waals surface area contributed by atoms with Crippen molar-refractivity contribution in [3.8, 4) is 5.75 Å². The van der Waals surface area contributed by atoms with Gasteiger partial charge < -0.3 is 19.9 Å². The van der Waals surface area contributed by atoms with E-state index in [-0.39, 0.29) is 6.10 Å². The van der Waals surface area contributed by atoms with Gasteiger partial charge in [-0.15, -0.1) is 0 Å². The summed E-state index contributed by atoms with van der Waals surface area (Å²) in [7, 11) is 1.66. The molecule has 1 aliphatic rings. The third-order valence-electron chi connectivity index (χ3n) is 3.55. The molecule has 1 saturated heterocycles. The van der Waals surface area contributed by atoms with Crippen LogP contribution in [-0.2, 0) is 11.3 Å². The van der Waals surface area contributed by atoms with Crippen molar-refractivity contribution < 1.29 is 14.6 Å². The van der Waals surface area contributed by atoms with Crippen LogP contribution in [0, 0.1) is 0 Å². The lowest BCUT2D eigenvalue weighted by Gasteiger charge is -2.26. The number of aliphatic hydroxyl groups is 1. The predicted octanol–water partition coefficient (Wildman–Crippen LogP) is 1.32. The van der Waals surface area contributed by atoms with Crippen molar-refractivity contribution in [2.45, 2.75) is 31.6 Å². The summed E-state index contributed by atoms with van der Waals surface area (Å²) in [5.74, 6) is 0.852. The minimum absolute atomic E-state index is 0.102. The Hall–Kier alpha value is -1.10. The summed E-state index contributed by atoms with van der Waals surface area (Å²) in [4.78, 5) is 0. The van der Waals surface area contributed by atoms with Gasteiger partial charge in [-0.2, -0.15) is 0 Å². The summed E-state index contributed by atoms with van der Waals surface area (Å²) in [5.41, 5.74) is 0.406. The Morgan fingerprint density at radius 2 is 2.39 bits per heavy atom. The van der Waals surface area contributed by atoms with Gasteiger partial charge in [0.25, 0.3) is 0 Å². The lowest BCUT2D eigenvalue weighted by Crippen LogP contribution is -2.45. The lowest BCUT2D eigenvalue weighted by molar-refractivity contribution is -0.0262. The highest BCUT2D eigenvalue weighted by atomic mass is 16.5. The number of rotatable bonds is 5. The first-order valence-corrected chi connectivity index (χ1v) is 6.32. The van der Waals surface area contributed by atoms with Crippen LogP contribution in [0.25, 0.3) is 0 Å². The summed E-state index contributed by atoms with van der Waals surface area (Å²) in [6.07, 6.45) is 0.592. The van der Waals surface area contributed by atoms with E-state index in [1.807, 2.05) is 31.2 Å². The van der Waals surface area contributed by atoms with Crippen LogP contribution in [0.3, 0.4) is 0 Å². The molecule has 2 atom stereocenters. The topological polar surface area (TPSA) is 50.7 Å². The van der Waals surface area contributed by atoms with E-state index in [1.54, 1.807) is 7.11 Å². The Morgan fingerprint density at radius 3 is 3.06 bits per heavy atom. The summed E-state index contributed by atoms with van der Waals surface area (Å²) in [6.45, 7) is 3.82. The number of hydrogen-bond donors (Lipinski definition) is 2. The van der Waals surface area contributed by atoms with E-state index in [4.69, 9.17) is 9.47 Å². The largest absolute Gasteiger partial charge is 0.497 e. The van der Waals surface area contributed by atoms with Gasteiger partial charge in [0.05, 0.1) is 13.2 Å². The molecule has 4 heteroatoms. The molecule has 2 unspecified atom stereocenters. The molecule has 1 aromatic rings. The fourth-order valence-electron chi connectivity index (χ4n) is 2.21. The molecule has 18 heavy (non-hydrogen) atoms. The number of nitrogens with one attached hydrogen (secondary N) is 1. The zero-order chi connectivity index (χ0) is 13.0. The Kier molecular flexibility index (Phi) is 4.22. The lowest BCUT2D eigenvalue weighted by atomic mass is 9.96. The van der Waals surface area contributed by atoms with Crippen molar-refractivity contribution in [2.24, 2.45) is 0 Å². The molecule has 0 spiro atoms. The highest BCUT2D eigenvalue weighted by Gasteiger charge is 2.38. The van der Waals surface area contributed by atoms with Gasteiger partial charge in [0, 0.05) is 26.1 Å². The van der Waals surface area contributed by atoms with Crippen LogP contribution in [-0.4, -0.2) is 37.1 Å². The maximum Gasteiger partial charge on any atom is 0.119 e. The fourth-order valence-corrected chi connectivity index (χ4v) is 2.21. The van der Waals surface area contributed by atoms with Gasteiger partial charge in [-0.25, -0.2) is 0 Å². The second kappa shape index (κ2) is 5.69. The molecule has 0 aromatic heterocycles. The van der Waals surface area contributed by atoms with Crippen LogP contribution < -0.4 is 10.1 Å². The maximum atomic E-state index is 10.3. The third-order valence-corrected chi connectivity index (χ3v) is 3.55. The van der Waals surface area contributed by atoms with Gasteiger partial charge in [-0.1, -0.05) is 12.1 Å².